The Morgan fingerprint density at radius 2 is 1.86 bits per heavy atom. The molecule has 2 aromatic carbocycles. The zero-order valence-electron chi connectivity index (χ0n) is 11.1. The van der Waals surface area contributed by atoms with Gasteiger partial charge in [0, 0.05) is 21.0 Å². The van der Waals surface area contributed by atoms with Gasteiger partial charge in [-0.25, -0.2) is 4.79 Å². The van der Waals surface area contributed by atoms with E-state index in [1.807, 2.05) is 48.5 Å². The van der Waals surface area contributed by atoms with Crippen molar-refractivity contribution in [3.63, 3.8) is 0 Å². The van der Waals surface area contributed by atoms with Crippen LogP contribution in [0.1, 0.15) is 15.2 Å². The lowest BCUT2D eigenvalue weighted by Crippen LogP contribution is -1.96. The molecular formula is C16H13NO2S2. The van der Waals surface area contributed by atoms with Crippen molar-refractivity contribution in [1.29, 1.82) is 0 Å². The lowest BCUT2D eigenvalue weighted by atomic mass is 10.1. The number of carboxylic acid groups (broad SMARTS) is 1. The van der Waals surface area contributed by atoms with Gasteiger partial charge in [0.05, 0.1) is 0 Å². The summed E-state index contributed by atoms with van der Waals surface area (Å²) >= 11 is 2.96. The molecule has 1 aromatic heterocycles. The standard InChI is InChI=1S/C16H13NO2S2/c17-10-5-7-11(8-6-10)20-9-13-12-3-1-2-4-14(12)21-15(13)16(18)19/h1-8H,9,17H2,(H,18,19). The molecule has 0 fully saturated rings. The van der Waals surface area contributed by atoms with Crippen molar-refractivity contribution in [2.75, 3.05) is 5.73 Å². The van der Waals surface area contributed by atoms with Gasteiger partial charge >= 0.3 is 5.97 Å². The van der Waals surface area contributed by atoms with Crippen molar-refractivity contribution in [2.45, 2.75) is 10.6 Å². The maximum absolute atomic E-state index is 11.4. The Bertz CT molecular complexity index is 794. The first-order valence-corrected chi connectivity index (χ1v) is 8.17. The van der Waals surface area contributed by atoms with Crippen LogP contribution in [0.3, 0.4) is 0 Å². The number of nitrogens with two attached hydrogens (primary N) is 1. The van der Waals surface area contributed by atoms with Crippen LogP contribution in [-0.2, 0) is 5.75 Å². The van der Waals surface area contributed by atoms with Gasteiger partial charge in [-0.2, -0.15) is 0 Å². The molecule has 0 saturated heterocycles. The van der Waals surface area contributed by atoms with Crippen molar-refractivity contribution >= 4 is 44.8 Å². The summed E-state index contributed by atoms with van der Waals surface area (Å²) < 4.78 is 1.02. The molecule has 106 valence electrons. The van der Waals surface area contributed by atoms with Gasteiger partial charge in [-0.15, -0.1) is 23.1 Å². The number of thiophene rings is 1. The lowest BCUT2D eigenvalue weighted by molar-refractivity contribution is 0.0701. The van der Waals surface area contributed by atoms with Crippen LogP contribution in [0.4, 0.5) is 5.69 Å². The zero-order chi connectivity index (χ0) is 14.8. The van der Waals surface area contributed by atoms with E-state index in [0.717, 1.165) is 26.2 Å². The molecule has 0 aliphatic carbocycles. The predicted octanol–water partition coefficient (Wildman–Crippen LogP) is 4.47. The largest absolute Gasteiger partial charge is 0.477 e. The van der Waals surface area contributed by atoms with Crippen molar-refractivity contribution in [1.82, 2.24) is 0 Å². The molecule has 3 N–H and O–H groups in total. The Hall–Kier alpha value is -1.98. The van der Waals surface area contributed by atoms with Gasteiger partial charge in [0.1, 0.15) is 4.88 Å². The Labute approximate surface area is 130 Å². The van der Waals surface area contributed by atoms with Crippen LogP contribution in [-0.4, -0.2) is 11.1 Å². The molecule has 0 bridgehead atoms. The van der Waals surface area contributed by atoms with Gasteiger partial charge in [0.15, 0.2) is 0 Å². The number of carboxylic acids is 1. The van der Waals surface area contributed by atoms with Gasteiger partial charge < -0.3 is 10.8 Å². The minimum atomic E-state index is -0.857. The first-order chi connectivity index (χ1) is 10.1. The summed E-state index contributed by atoms with van der Waals surface area (Å²) in [7, 11) is 0. The predicted molar refractivity (Wildman–Crippen MR) is 89.2 cm³/mol. The highest BCUT2D eigenvalue weighted by Gasteiger charge is 2.17. The third-order valence-electron chi connectivity index (χ3n) is 3.16. The molecule has 0 amide bonds. The summed E-state index contributed by atoms with van der Waals surface area (Å²) in [5, 5.41) is 10.4. The molecule has 0 unspecified atom stereocenters. The van der Waals surface area contributed by atoms with Crippen LogP contribution in [0.15, 0.2) is 53.4 Å². The van der Waals surface area contributed by atoms with Gasteiger partial charge in [-0.1, -0.05) is 18.2 Å². The average molecular weight is 315 g/mol. The summed E-state index contributed by atoms with van der Waals surface area (Å²) in [6.07, 6.45) is 0. The fourth-order valence-electron chi connectivity index (χ4n) is 2.13. The smallest absolute Gasteiger partial charge is 0.346 e. The molecule has 0 atom stereocenters. The Kier molecular flexibility index (Phi) is 3.86. The molecule has 0 radical (unpaired) electrons. The highest BCUT2D eigenvalue weighted by molar-refractivity contribution is 7.98. The second-order valence-electron chi connectivity index (χ2n) is 4.57. The third kappa shape index (κ3) is 2.89. The van der Waals surface area contributed by atoms with Crippen molar-refractivity contribution in [3.05, 3.63) is 59.0 Å². The number of hydrogen-bond acceptors (Lipinski definition) is 4. The van der Waals surface area contributed by atoms with Crippen molar-refractivity contribution in [2.24, 2.45) is 0 Å². The number of anilines is 1. The first kappa shape index (κ1) is 14.0. The summed E-state index contributed by atoms with van der Waals surface area (Å²) in [5.74, 6) is -0.223. The highest BCUT2D eigenvalue weighted by Crippen LogP contribution is 2.35. The number of benzene rings is 2. The fourth-order valence-corrected chi connectivity index (χ4v) is 4.23. The number of aromatic carboxylic acids is 1. The van der Waals surface area contributed by atoms with Gasteiger partial charge in [0.25, 0.3) is 0 Å². The summed E-state index contributed by atoms with van der Waals surface area (Å²) in [6, 6.07) is 15.4. The second kappa shape index (κ2) is 5.79. The normalized spacial score (nSPS) is 10.9. The van der Waals surface area contributed by atoms with Crippen LogP contribution < -0.4 is 5.73 Å². The van der Waals surface area contributed by atoms with Crippen LogP contribution in [0, 0.1) is 0 Å². The second-order valence-corrected chi connectivity index (χ2v) is 6.67. The van der Waals surface area contributed by atoms with Crippen LogP contribution >= 0.6 is 23.1 Å². The first-order valence-electron chi connectivity index (χ1n) is 6.37. The molecule has 3 rings (SSSR count). The van der Waals surface area contributed by atoms with E-state index in [4.69, 9.17) is 5.73 Å². The van der Waals surface area contributed by atoms with E-state index in [1.54, 1.807) is 11.8 Å². The minimum Gasteiger partial charge on any atom is -0.477 e. The van der Waals surface area contributed by atoms with E-state index >= 15 is 0 Å². The number of hydrogen-bond donors (Lipinski definition) is 2. The van der Waals surface area contributed by atoms with Crippen molar-refractivity contribution in [3.8, 4) is 0 Å². The Morgan fingerprint density at radius 1 is 1.14 bits per heavy atom. The lowest BCUT2D eigenvalue weighted by Gasteiger charge is -2.03. The van der Waals surface area contributed by atoms with E-state index < -0.39 is 5.97 Å². The zero-order valence-corrected chi connectivity index (χ0v) is 12.7. The average Bonchev–Trinajstić information content (AvgIpc) is 2.86. The van der Waals surface area contributed by atoms with Crippen LogP contribution in [0.2, 0.25) is 0 Å². The summed E-state index contributed by atoms with van der Waals surface area (Å²) in [5.41, 5.74) is 7.29. The molecule has 0 saturated carbocycles. The third-order valence-corrected chi connectivity index (χ3v) is 5.40. The summed E-state index contributed by atoms with van der Waals surface area (Å²) in [6.45, 7) is 0. The minimum absolute atomic E-state index is 0.430. The molecule has 3 nitrogen and oxygen atoms in total. The molecule has 21 heavy (non-hydrogen) atoms. The number of thioether (sulfide) groups is 1. The van der Waals surface area contributed by atoms with E-state index in [-0.39, 0.29) is 0 Å². The molecule has 3 aromatic rings. The van der Waals surface area contributed by atoms with Crippen LogP contribution in [0.5, 0.6) is 0 Å². The SMILES string of the molecule is Nc1ccc(SCc2c(C(=O)O)sc3ccccc23)cc1. The Morgan fingerprint density at radius 3 is 2.57 bits per heavy atom. The highest BCUT2D eigenvalue weighted by atomic mass is 32.2. The van der Waals surface area contributed by atoms with E-state index in [2.05, 4.69) is 0 Å². The maximum Gasteiger partial charge on any atom is 0.346 e. The van der Waals surface area contributed by atoms with Gasteiger partial charge in [0.2, 0.25) is 0 Å². The quantitative estimate of drug-likeness (QED) is 0.550. The Balaban J connectivity index is 1.93. The van der Waals surface area contributed by atoms with E-state index in [9.17, 15) is 9.90 Å². The van der Waals surface area contributed by atoms with E-state index in [0.29, 0.717) is 10.6 Å². The molecule has 5 heteroatoms. The fraction of sp³-hybridized carbons (Fsp3) is 0.0625. The number of fused-ring (bicyclic) bond motifs is 1. The topological polar surface area (TPSA) is 63.3 Å². The molecule has 0 aliphatic heterocycles. The maximum atomic E-state index is 11.4. The summed E-state index contributed by atoms with van der Waals surface area (Å²) in [4.78, 5) is 12.9. The van der Waals surface area contributed by atoms with Gasteiger partial charge in [-0.05, 0) is 41.3 Å². The molecular weight excluding hydrogens is 302 g/mol. The molecule has 1 heterocycles. The number of rotatable bonds is 4. The number of nitrogen functional groups attached to an aromatic ring is 1. The monoisotopic (exact) mass is 315 g/mol. The van der Waals surface area contributed by atoms with E-state index in [1.165, 1.54) is 11.3 Å². The van der Waals surface area contributed by atoms with Crippen molar-refractivity contribution < 1.29 is 9.90 Å². The number of carbonyl (C=O) groups is 1. The molecule has 0 spiro atoms. The van der Waals surface area contributed by atoms with Crippen LogP contribution in [0.25, 0.3) is 10.1 Å². The molecule has 0 aliphatic rings. The van der Waals surface area contributed by atoms with Gasteiger partial charge in [-0.3, -0.25) is 0 Å².